The van der Waals surface area contributed by atoms with Crippen LogP contribution in [0.2, 0.25) is 0 Å². The molecule has 0 saturated carbocycles. The molecule has 1 aromatic carbocycles. The molecule has 0 aliphatic heterocycles. The number of carbonyl (C=O) groups excluding carboxylic acids is 1. The van der Waals surface area contributed by atoms with Crippen molar-refractivity contribution in [3.8, 4) is 11.8 Å². The molecule has 0 fully saturated rings. The summed E-state index contributed by atoms with van der Waals surface area (Å²) in [5.41, 5.74) is 0.620. The van der Waals surface area contributed by atoms with Gasteiger partial charge < -0.3 is 9.47 Å². The Labute approximate surface area is 103 Å². The number of aryl methyl sites for hydroxylation is 1. The number of rotatable bonds is 4. The summed E-state index contributed by atoms with van der Waals surface area (Å²) in [4.78, 5) is 11.5. The van der Waals surface area contributed by atoms with Gasteiger partial charge >= 0.3 is 12.6 Å². The third-order valence-corrected chi connectivity index (χ3v) is 2.33. The largest absolute Gasteiger partial charge is 0.465 e. The molecular weight excluding hydrogens is 244 g/mol. The van der Waals surface area contributed by atoms with Gasteiger partial charge in [0.25, 0.3) is 0 Å². The fraction of sp³-hybridized carbons (Fsp3) is 0.333. The minimum absolute atomic E-state index is 0.0418. The third-order valence-electron chi connectivity index (χ3n) is 2.33. The predicted molar refractivity (Wildman–Crippen MR) is 58.5 cm³/mol. The number of methoxy groups -OCH3 is 1. The Morgan fingerprint density at radius 3 is 2.61 bits per heavy atom. The van der Waals surface area contributed by atoms with Crippen LogP contribution in [-0.2, 0) is 11.2 Å². The van der Waals surface area contributed by atoms with Crippen molar-refractivity contribution in [3.63, 3.8) is 0 Å². The van der Waals surface area contributed by atoms with Gasteiger partial charge in [0, 0.05) is 0 Å². The van der Waals surface area contributed by atoms with Crippen LogP contribution in [0.3, 0.4) is 0 Å². The maximum absolute atomic E-state index is 12.2. The van der Waals surface area contributed by atoms with Crippen LogP contribution < -0.4 is 4.74 Å². The van der Waals surface area contributed by atoms with Crippen LogP contribution in [0.25, 0.3) is 0 Å². The van der Waals surface area contributed by atoms with Crippen molar-refractivity contribution in [2.75, 3.05) is 7.11 Å². The van der Waals surface area contributed by atoms with E-state index in [0.717, 1.165) is 6.07 Å². The van der Waals surface area contributed by atoms with E-state index >= 15 is 0 Å². The first kappa shape index (κ1) is 13.9. The first-order chi connectivity index (χ1) is 8.53. The Bertz CT molecular complexity index is 495. The van der Waals surface area contributed by atoms with E-state index in [9.17, 15) is 13.6 Å². The highest BCUT2D eigenvalue weighted by Gasteiger charge is 2.18. The smallest absolute Gasteiger partial charge is 0.387 e. The van der Waals surface area contributed by atoms with E-state index in [0.29, 0.717) is 12.0 Å². The molecule has 0 aliphatic carbocycles. The van der Waals surface area contributed by atoms with Crippen LogP contribution in [0.5, 0.6) is 5.75 Å². The van der Waals surface area contributed by atoms with Crippen molar-refractivity contribution in [2.24, 2.45) is 0 Å². The number of esters is 1. The van der Waals surface area contributed by atoms with Crippen molar-refractivity contribution in [3.05, 3.63) is 28.8 Å². The number of hydrogen-bond acceptors (Lipinski definition) is 4. The monoisotopic (exact) mass is 255 g/mol. The highest BCUT2D eigenvalue weighted by atomic mass is 19.3. The number of ether oxygens (including phenoxy) is 2. The number of alkyl halides is 2. The molecule has 0 radical (unpaired) electrons. The highest BCUT2D eigenvalue weighted by Crippen LogP contribution is 2.26. The van der Waals surface area contributed by atoms with E-state index in [4.69, 9.17) is 5.26 Å². The SMILES string of the molecule is CCc1cc(C#N)c(OC(F)F)cc1C(=O)OC. The van der Waals surface area contributed by atoms with E-state index in [1.54, 1.807) is 13.0 Å². The fourth-order valence-electron chi connectivity index (χ4n) is 1.50. The van der Waals surface area contributed by atoms with Gasteiger partial charge in [-0.2, -0.15) is 14.0 Å². The molecule has 6 heteroatoms. The van der Waals surface area contributed by atoms with Gasteiger partial charge in [-0.15, -0.1) is 0 Å². The molecular formula is C12H11F2NO3. The van der Waals surface area contributed by atoms with E-state index in [1.165, 1.54) is 13.2 Å². The van der Waals surface area contributed by atoms with E-state index in [1.807, 2.05) is 0 Å². The average Bonchev–Trinajstić information content (AvgIpc) is 2.36. The molecule has 0 heterocycles. The molecule has 0 unspecified atom stereocenters. The first-order valence-corrected chi connectivity index (χ1v) is 5.13. The quantitative estimate of drug-likeness (QED) is 0.775. The maximum Gasteiger partial charge on any atom is 0.387 e. The number of benzene rings is 1. The predicted octanol–water partition coefficient (Wildman–Crippen LogP) is 2.51. The topological polar surface area (TPSA) is 59.3 Å². The van der Waals surface area contributed by atoms with Crippen LogP contribution >= 0.6 is 0 Å². The third kappa shape index (κ3) is 2.94. The highest BCUT2D eigenvalue weighted by molar-refractivity contribution is 5.92. The van der Waals surface area contributed by atoms with Crippen LogP contribution in [0.4, 0.5) is 8.78 Å². The summed E-state index contributed by atoms with van der Waals surface area (Å²) in [6.07, 6.45) is 0.466. The molecule has 1 aromatic rings. The Morgan fingerprint density at radius 2 is 2.17 bits per heavy atom. The van der Waals surface area contributed by atoms with Crippen LogP contribution in [0.1, 0.15) is 28.4 Å². The summed E-state index contributed by atoms with van der Waals surface area (Å²) < 4.78 is 33.1. The van der Waals surface area contributed by atoms with Gasteiger partial charge in [-0.3, -0.25) is 0 Å². The molecule has 1 rings (SSSR count). The Morgan fingerprint density at radius 1 is 1.50 bits per heavy atom. The van der Waals surface area contributed by atoms with Crippen molar-refractivity contribution in [2.45, 2.75) is 20.0 Å². The fourth-order valence-corrected chi connectivity index (χ4v) is 1.50. The van der Waals surface area contributed by atoms with E-state index in [2.05, 4.69) is 9.47 Å². The zero-order chi connectivity index (χ0) is 13.7. The van der Waals surface area contributed by atoms with Gasteiger partial charge in [-0.25, -0.2) is 4.79 Å². The second kappa shape index (κ2) is 5.96. The maximum atomic E-state index is 12.2. The molecule has 0 spiro atoms. The van der Waals surface area contributed by atoms with Crippen LogP contribution in [0.15, 0.2) is 12.1 Å². The lowest BCUT2D eigenvalue weighted by atomic mass is 10.0. The molecule has 0 aromatic heterocycles. The summed E-state index contributed by atoms with van der Waals surface area (Å²) in [6, 6.07) is 4.21. The van der Waals surface area contributed by atoms with Gasteiger partial charge in [-0.1, -0.05) is 6.92 Å². The number of hydrogen-bond donors (Lipinski definition) is 0. The van der Waals surface area contributed by atoms with Crippen LogP contribution in [-0.4, -0.2) is 19.7 Å². The standard InChI is InChI=1S/C12H11F2NO3/c1-3-7-4-8(6-15)10(18-12(13)14)5-9(7)11(16)17-2/h4-5,12H,3H2,1-2H3. The molecule has 96 valence electrons. The van der Waals surface area contributed by atoms with Gasteiger partial charge in [0.15, 0.2) is 0 Å². The molecule has 0 bridgehead atoms. The number of nitrogens with zero attached hydrogens (tertiary/aromatic N) is 1. The Kier molecular flexibility index (Phi) is 4.60. The summed E-state index contributed by atoms with van der Waals surface area (Å²) in [5, 5.41) is 8.85. The molecule has 0 aliphatic rings. The van der Waals surface area contributed by atoms with Gasteiger partial charge in [0.05, 0.1) is 18.2 Å². The second-order valence-electron chi connectivity index (χ2n) is 3.34. The molecule has 4 nitrogen and oxygen atoms in total. The average molecular weight is 255 g/mol. The molecule has 18 heavy (non-hydrogen) atoms. The van der Waals surface area contributed by atoms with Gasteiger partial charge in [0.2, 0.25) is 0 Å². The Balaban J connectivity index is 3.35. The van der Waals surface area contributed by atoms with Gasteiger partial charge in [-0.05, 0) is 24.1 Å². The minimum Gasteiger partial charge on any atom is -0.465 e. The second-order valence-corrected chi connectivity index (χ2v) is 3.34. The Hall–Kier alpha value is -2.16. The van der Waals surface area contributed by atoms with Crippen LogP contribution in [0, 0.1) is 11.3 Å². The van der Waals surface area contributed by atoms with Gasteiger partial charge in [0.1, 0.15) is 11.8 Å². The molecule has 0 atom stereocenters. The lowest BCUT2D eigenvalue weighted by Crippen LogP contribution is -2.09. The lowest BCUT2D eigenvalue weighted by Gasteiger charge is -2.11. The zero-order valence-electron chi connectivity index (χ0n) is 9.87. The number of halogens is 2. The summed E-state index contributed by atoms with van der Waals surface area (Å²) in [7, 11) is 1.19. The van der Waals surface area contributed by atoms with Crippen molar-refractivity contribution < 1.29 is 23.0 Å². The number of carbonyl (C=O) groups is 1. The molecule has 0 amide bonds. The number of nitriles is 1. The van der Waals surface area contributed by atoms with Crippen molar-refractivity contribution in [1.29, 1.82) is 5.26 Å². The van der Waals surface area contributed by atoms with E-state index < -0.39 is 12.6 Å². The van der Waals surface area contributed by atoms with E-state index in [-0.39, 0.29) is 16.9 Å². The summed E-state index contributed by atoms with van der Waals surface area (Å²) in [5.74, 6) is -0.986. The molecule has 0 N–H and O–H groups in total. The molecule has 0 saturated heterocycles. The first-order valence-electron chi connectivity index (χ1n) is 5.13. The van der Waals surface area contributed by atoms with Crippen molar-refractivity contribution >= 4 is 5.97 Å². The zero-order valence-corrected chi connectivity index (χ0v) is 9.87. The minimum atomic E-state index is -3.06. The summed E-state index contributed by atoms with van der Waals surface area (Å²) in [6.45, 7) is -1.29. The lowest BCUT2D eigenvalue weighted by molar-refractivity contribution is -0.0501. The normalized spacial score (nSPS) is 10.0. The summed E-state index contributed by atoms with van der Waals surface area (Å²) >= 11 is 0. The van der Waals surface area contributed by atoms with Crippen molar-refractivity contribution in [1.82, 2.24) is 0 Å².